The summed E-state index contributed by atoms with van der Waals surface area (Å²) in [4.78, 5) is 19.8. The highest BCUT2D eigenvalue weighted by atomic mass is 35.5. The molecule has 0 saturated carbocycles. The number of rotatable bonds is 5. The maximum Gasteiger partial charge on any atom is 0.282 e. The van der Waals surface area contributed by atoms with Crippen molar-refractivity contribution in [1.82, 2.24) is 14.5 Å². The minimum atomic E-state index is -0.385. The van der Waals surface area contributed by atoms with Crippen molar-refractivity contribution in [2.24, 2.45) is 5.73 Å². The maximum absolute atomic E-state index is 12.9. The van der Waals surface area contributed by atoms with Crippen LogP contribution in [0.5, 0.6) is 0 Å². The minimum absolute atomic E-state index is 0.308. The molecule has 1 aromatic carbocycles. The number of aromatic nitrogens is 2. The zero-order valence-electron chi connectivity index (χ0n) is 18.6. The number of piperidine rings is 1. The van der Waals surface area contributed by atoms with E-state index in [-0.39, 0.29) is 11.0 Å². The van der Waals surface area contributed by atoms with Gasteiger partial charge in [-0.05, 0) is 75.9 Å². The highest BCUT2D eigenvalue weighted by molar-refractivity contribution is 6.48. The molecule has 4 rings (SSSR count). The Morgan fingerprint density at radius 1 is 1.35 bits per heavy atom. The molecule has 2 N–H and O–H groups in total. The molecule has 0 atom stereocenters. The fraction of sp³-hybridized carbons (Fsp3) is 0.440. The molecule has 31 heavy (non-hydrogen) atoms. The number of hydrogen-bond donors (Lipinski definition) is 1. The molecule has 3 heterocycles. The molecule has 0 aliphatic carbocycles. The van der Waals surface area contributed by atoms with Gasteiger partial charge in [-0.2, -0.15) is 4.98 Å². The third-order valence-electron chi connectivity index (χ3n) is 6.81. The lowest BCUT2D eigenvalue weighted by Crippen LogP contribution is -2.36. The van der Waals surface area contributed by atoms with Crippen molar-refractivity contribution in [1.29, 1.82) is 0 Å². The molecule has 0 bridgehead atoms. The molecule has 2 aromatic rings. The highest BCUT2D eigenvalue weighted by Crippen LogP contribution is 2.44. The van der Waals surface area contributed by atoms with Crippen LogP contribution in [0.1, 0.15) is 67.7 Å². The van der Waals surface area contributed by atoms with Gasteiger partial charge in [0.2, 0.25) is 0 Å². The first-order valence-electron chi connectivity index (χ1n) is 11.0. The second-order valence-corrected chi connectivity index (χ2v) is 9.39. The summed E-state index contributed by atoms with van der Waals surface area (Å²) in [5, 5.41) is 0.398. The smallest absolute Gasteiger partial charge is 0.282 e. The Labute approximate surface area is 189 Å². The first-order chi connectivity index (χ1) is 14.8. The van der Waals surface area contributed by atoms with Gasteiger partial charge in [-0.3, -0.25) is 9.36 Å². The van der Waals surface area contributed by atoms with Crippen LogP contribution in [0.25, 0.3) is 16.8 Å². The van der Waals surface area contributed by atoms with Crippen molar-refractivity contribution in [3.05, 3.63) is 69.4 Å². The largest absolute Gasteiger partial charge is 0.329 e. The molecule has 2 aliphatic rings. The van der Waals surface area contributed by atoms with Crippen LogP contribution in [0.4, 0.5) is 0 Å². The first-order valence-corrected chi connectivity index (χ1v) is 11.4. The molecule has 5 nitrogen and oxygen atoms in total. The number of fused-ring (bicyclic) bond motifs is 3. The molecule has 2 aliphatic heterocycles. The van der Waals surface area contributed by atoms with E-state index < -0.39 is 0 Å². The van der Waals surface area contributed by atoms with Crippen molar-refractivity contribution in [2.45, 2.75) is 44.9 Å². The van der Waals surface area contributed by atoms with Crippen LogP contribution in [0.3, 0.4) is 0 Å². The molecule has 0 unspecified atom stereocenters. The topological polar surface area (TPSA) is 64.2 Å². The maximum atomic E-state index is 12.9. The second-order valence-electron chi connectivity index (χ2n) is 8.98. The summed E-state index contributed by atoms with van der Waals surface area (Å²) < 4.78 is 2.05. The monoisotopic (exact) mass is 438 g/mol. The predicted octanol–water partition coefficient (Wildman–Crippen LogP) is 4.25. The Balaban J connectivity index is 1.80. The number of nitrogens with two attached hydrogens (primary N) is 1. The van der Waals surface area contributed by atoms with E-state index in [4.69, 9.17) is 17.3 Å². The molecule has 0 radical (unpaired) electrons. The average molecular weight is 439 g/mol. The van der Waals surface area contributed by atoms with E-state index >= 15 is 0 Å². The van der Waals surface area contributed by atoms with E-state index in [0.717, 1.165) is 44.0 Å². The quantitative estimate of drug-likeness (QED) is 0.757. The Morgan fingerprint density at radius 2 is 2.06 bits per heavy atom. The standard InChI is InChI=1S/C25H31ClN4O/c1-5-19(26)22-20(6-2)30-21-8-7-17(16-9-12-29(13-10-16)14-11-27)15-18(21)25(3,4)24(30)28-23(22)31/h5-8,15-16H,2,9-14,27H2,1,3-4H3/b19-5+. The van der Waals surface area contributed by atoms with Crippen LogP contribution in [0.15, 0.2) is 35.6 Å². The van der Waals surface area contributed by atoms with Crippen LogP contribution in [0.2, 0.25) is 0 Å². The lowest BCUT2D eigenvalue weighted by molar-refractivity contribution is 0.217. The first kappa shape index (κ1) is 22.0. The summed E-state index contributed by atoms with van der Waals surface area (Å²) in [6.45, 7) is 13.9. The number of nitrogens with zero attached hydrogens (tertiary/aromatic N) is 3. The van der Waals surface area contributed by atoms with Gasteiger partial charge in [-0.15, -0.1) is 0 Å². The van der Waals surface area contributed by atoms with E-state index in [2.05, 4.69) is 53.1 Å². The highest BCUT2D eigenvalue weighted by Gasteiger charge is 2.40. The van der Waals surface area contributed by atoms with Crippen molar-refractivity contribution in [2.75, 3.05) is 26.2 Å². The molecule has 6 heteroatoms. The van der Waals surface area contributed by atoms with Crippen LogP contribution in [-0.4, -0.2) is 40.6 Å². The number of hydrogen-bond acceptors (Lipinski definition) is 4. The van der Waals surface area contributed by atoms with Gasteiger partial charge in [0.05, 0.1) is 27.4 Å². The van der Waals surface area contributed by atoms with Gasteiger partial charge in [0.25, 0.3) is 5.56 Å². The molecule has 1 aromatic heterocycles. The van der Waals surface area contributed by atoms with E-state index in [9.17, 15) is 4.79 Å². The zero-order valence-corrected chi connectivity index (χ0v) is 19.4. The predicted molar refractivity (Wildman–Crippen MR) is 129 cm³/mol. The third kappa shape index (κ3) is 3.59. The summed E-state index contributed by atoms with van der Waals surface area (Å²) >= 11 is 6.39. The third-order valence-corrected chi connectivity index (χ3v) is 7.22. The molecule has 1 fully saturated rings. The van der Waals surface area contributed by atoms with Gasteiger partial charge in [0, 0.05) is 13.1 Å². The van der Waals surface area contributed by atoms with Crippen molar-refractivity contribution >= 4 is 22.7 Å². The Bertz CT molecular complexity index is 1110. The van der Waals surface area contributed by atoms with Crippen LogP contribution < -0.4 is 11.3 Å². The summed E-state index contributed by atoms with van der Waals surface area (Å²) in [5.74, 6) is 1.28. The molecule has 0 spiro atoms. The summed E-state index contributed by atoms with van der Waals surface area (Å²) in [7, 11) is 0. The molecule has 1 saturated heterocycles. The van der Waals surface area contributed by atoms with Crippen molar-refractivity contribution in [3.8, 4) is 5.69 Å². The number of allylic oxidation sites excluding steroid dienone is 1. The van der Waals surface area contributed by atoms with Gasteiger partial charge in [0.15, 0.2) is 0 Å². The Hall–Kier alpha value is -2.21. The van der Waals surface area contributed by atoms with E-state index in [1.54, 1.807) is 12.2 Å². The van der Waals surface area contributed by atoms with Crippen molar-refractivity contribution < 1.29 is 0 Å². The second kappa shape index (κ2) is 8.38. The van der Waals surface area contributed by atoms with Gasteiger partial charge in [0.1, 0.15) is 5.82 Å². The fourth-order valence-electron chi connectivity index (χ4n) is 5.06. The van der Waals surface area contributed by atoms with Gasteiger partial charge in [-0.1, -0.05) is 36.4 Å². The van der Waals surface area contributed by atoms with Crippen molar-refractivity contribution in [3.63, 3.8) is 0 Å². The van der Waals surface area contributed by atoms with E-state index in [0.29, 0.717) is 28.8 Å². The van der Waals surface area contributed by atoms with Crippen LogP contribution in [-0.2, 0) is 5.41 Å². The Kier molecular flexibility index (Phi) is 5.95. The van der Waals surface area contributed by atoms with E-state index in [1.807, 2.05) is 6.92 Å². The van der Waals surface area contributed by atoms with E-state index in [1.165, 1.54) is 11.1 Å². The minimum Gasteiger partial charge on any atom is -0.329 e. The van der Waals surface area contributed by atoms with Gasteiger partial charge < -0.3 is 10.6 Å². The zero-order chi connectivity index (χ0) is 22.3. The SMILES string of the molecule is C=Cc1c(/C(Cl)=C\C)c(=O)nc2n1-c1ccc(C3CCN(CCN)CC3)cc1C2(C)C. The lowest BCUT2D eigenvalue weighted by Gasteiger charge is -2.32. The molecular formula is C25H31ClN4O. The van der Waals surface area contributed by atoms with Crippen LogP contribution in [0, 0.1) is 0 Å². The molecular weight excluding hydrogens is 408 g/mol. The summed E-state index contributed by atoms with van der Waals surface area (Å²) in [6.07, 6.45) is 5.71. The molecule has 164 valence electrons. The average Bonchev–Trinajstić information content (AvgIpc) is 2.99. The van der Waals surface area contributed by atoms with Crippen LogP contribution >= 0.6 is 11.6 Å². The fourth-order valence-corrected chi connectivity index (χ4v) is 5.24. The number of benzene rings is 1. The Morgan fingerprint density at radius 3 is 2.68 bits per heavy atom. The number of halogens is 1. The summed E-state index contributed by atoms with van der Waals surface area (Å²) in [6, 6.07) is 6.72. The molecule has 0 amide bonds. The lowest BCUT2D eigenvalue weighted by atomic mass is 9.81. The van der Waals surface area contributed by atoms with Gasteiger partial charge >= 0.3 is 0 Å². The van der Waals surface area contributed by atoms with Gasteiger partial charge in [-0.25, -0.2) is 0 Å². The number of likely N-dealkylation sites (tertiary alicyclic amines) is 1. The normalized spacial score (nSPS) is 18.7. The summed E-state index contributed by atoms with van der Waals surface area (Å²) in [5.41, 5.74) is 9.74.